The normalized spacial score (nSPS) is 16.4. The van der Waals surface area contributed by atoms with Crippen molar-refractivity contribution in [2.75, 3.05) is 31.3 Å². The summed E-state index contributed by atoms with van der Waals surface area (Å²) in [6.07, 6.45) is 1.40. The van der Waals surface area contributed by atoms with E-state index in [1.54, 1.807) is 7.11 Å². The molecule has 0 radical (unpaired) electrons. The minimum Gasteiger partial charge on any atom is -0.497 e. The van der Waals surface area contributed by atoms with Gasteiger partial charge >= 0.3 is 5.97 Å². The fourth-order valence-electron chi connectivity index (χ4n) is 3.11. The summed E-state index contributed by atoms with van der Waals surface area (Å²) in [7, 11) is 1.64. The van der Waals surface area contributed by atoms with Crippen molar-refractivity contribution in [3.8, 4) is 5.75 Å². The number of methoxy groups -OCH3 is 1. The number of carboxylic acids is 1. The summed E-state index contributed by atoms with van der Waals surface area (Å²) < 4.78 is 6.00. The monoisotopic (exact) mass is 421 g/mol. The lowest BCUT2D eigenvalue weighted by atomic mass is 10.1. The van der Waals surface area contributed by atoms with E-state index in [2.05, 4.69) is 10.3 Å². The van der Waals surface area contributed by atoms with Crippen LogP contribution in [0.4, 0.5) is 5.69 Å². The predicted octanol–water partition coefficient (Wildman–Crippen LogP) is 3.35. The summed E-state index contributed by atoms with van der Waals surface area (Å²) in [5.74, 6) is 0.637. The largest absolute Gasteiger partial charge is 0.497 e. The van der Waals surface area contributed by atoms with Crippen LogP contribution in [0.25, 0.3) is 0 Å². The lowest BCUT2D eigenvalue weighted by Gasteiger charge is -2.25. The Morgan fingerprint density at radius 1 is 1.50 bits per heavy atom. The van der Waals surface area contributed by atoms with E-state index >= 15 is 0 Å². The number of hydrogen-bond acceptors (Lipinski definition) is 7. The van der Waals surface area contributed by atoms with E-state index < -0.39 is 5.97 Å². The van der Waals surface area contributed by atoms with Gasteiger partial charge in [-0.2, -0.15) is 0 Å². The SMILES string of the molecule is COc1ccc(C)c(NCC2CCC(=O)N2CCSc2nc(C(=O)O)cs2)c1. The zero-order valence-corrected chi connectivity index (χ0v) is 17.4. The Morgan fingerprint density at radius 2 is 2.32 bits per heavy atom. The lowest BCUT2D eigenvalue weighted by Crippen LogP contribution is -2.39. The Balaban J connectivity index is 1.53. The maximum atomic E-state index is 12.3. The van der Waals surface area contributed by atoms with Gasteiger partial charge in [-0.3, -0.25) is 4.79 Å². The van der Waals surface area contributed by atoms with Gasteiger partial charge in [-0.15, -0.1) is 11.3 Å². The van der Waals surface area contributed by atoms with E-state index in [-0.39, 0.29) is 17.6 Å². The molecule has 1 aliphatic heterocycles. The smallest absolute Gasteiger partial charge is 0.355 e. The lowest BCUT2D eigenvalue weighted by molar-refractivity contribution is -0.128. The number of likely N-dealkylation sites (tertiary alicyclic amines) is 1. The van der Waals surface area contributed by atoms with Crippen LogP contribution in [-0.4, -0.2) is 58.9 Å². The Hall–Kier alpha value is -2.26. The molecule has 1 aromatic carbocycles. The van der Waals surface area contributed by atoms with Crippen LogP contribution >= 0.6 is 23.1 Å². The second-order valence-electron chi connectivity index (χ2n) is 6.49. The van der Waals surface area contributed by atoms with Crippen molar-refractivity contribution < 1.29 is 19.4 Å². The number of nitrogens with zero attached hydrogens (tertiary/aromatic N) is 2. The fourth-order valence-corrected chi connectivity index (χ4v) is 4.92. The zero-order valence-electron chi connectivity index (χ0n) is 15.8. The molecule has 1 saturated heterocycles. The molecular weight excluding hydrogens is 398 g/mol. The van der Waals surface area contributed by atoms with E-state index in [1.165, 1.54) is 28.5 Å². The molecule has 3 rings (SSSR count). The summed E-state index contributed by atoms with van der Waals surface area (Å²) in [5, 5.41) is 13.9. The molecule has 0 spiro atoms. The van der Waals surface area contributed by atoms with Crippen LogP contribution in [-0.2, 0) is 4.79 Å². The first kappa shape index (κ1) is 20.5. The maximum Gasteiger partial charge on any atom is 0.355 e. The third kappa shape index (κ3) is 4.96. The van der Waals surface area contributed by atoms with Crippen LogP contribution in [0.3, 0.4) is 0 Å². The molecule has 9 heteroatoms. The molecule has 0 bridgehead atoms. The van der Waals surface area contributed by atoms with Gasteiger partial charge < -0.3 is 20.1 Å². The molecule has 1 aliphatic rings. The van der Waals surface area contributed by atoms with Crippen molar-refractivity contribution in [3.05, 3.63) is 34.8 Å². The number of aromatic carboxylic acids is 1. The maximum absolute atomic E-state index is 12.3. The van der Waals surface area contributed by atoms with Crippen LogP contribution in [0.2, 0.25) is 0 Å². The minimum absolute atomic E-state index is 0.0699. The van der Waals surface area contributed by atoms with Crippen molar-refractivity contribution in [3.63, 3.8) is 0 Å². The molecule has 7 nitrogen and oxygen atoms in total. The van der Waals surface area contributed by atoms with E-state index in [0.717, 1.165) is 23.4 Å². The number of amides is 1. The van der Waals surface area contributed by atoms with Gasteiger partial charge in [0.25, 0.3) is 0 Å². The molecule has 0 aliphatic carbocycles. The first-order valence-corrected chi connectivity index (χ1v) is 10.8. The van der Waals surface area contributed by atoms with Crippen LogP contribution in [0.1, 0.15) is 28.9 Å². The summed E-state index contributed by atoms with van der Waals surface area (Å²) in [5.41, 5.74) is 2.21. The molecule has 1 atom stereocenters. The third-order valence-electron chi connectivity index (χ3n) is 4.69. The van der Waals surface area contributed by atoms with Crippen molar-refractivity contribution in [1.82, 2.24) is 9.88 Å². The second kappa shape index (κ2) is 9.29. The molecule has 1 unspecified atom stereocenters. The van der Waals surface area contributed by atoms with E-state index in [9.17, 15) is 9.59 Å². The highest BCUT2D eigenvalue weighted by Gasteiger charge is 2.30. The Bertz CT molecular complexity index is 855. The topological polar surface area (TPSA) is 91.8 Å². The molecule has 2 heterocycles. The standard InChI is InChI=1S/C19H23N3O4S2/c1-12-3-5-14(26-2)9-15(12)20-10-13-4-6-17(23)22(13)7-8-27-19-21-16(11-28-19)18(24)25/h3,5,9,11,13,20H,4,6-8,10H2,1-2H3,(H,24,25). The number of carbonyl (C=O) groups is 2. The second-order valence-corrected chi connectivity index (χ2v) is 8.69. The molecule has 1 amide bonds. The van der Waals surface area contributed by atoms with Gasteiger partial charge in [0.2, 0.25) is 5.91 Å². The van der Waals surface area contributed by atoms with Gasteiger partial charge in [0.05, 0.1) is 7.11 Å². The van der Waals surface area contributed by atoms with Crippen LogP contribution in [0, 0.1) is 6.92 Å². The van der Waals surface area contributed by atoms with Gasteiger partial charge in [-0.25, -0.2) is 9.78 Å². The summed E-state index contributed by atoms with van der Waals surface area (Å²) in [4.78, 5) is 29.2. The van der Waals surface area contributed by atoms with Crippen LogP contribution in [0.15, 0.2) is 27.9 Å². The molecule has 28 heavy (non-hydrogen) atoms. The van der Waals surface area contributed by atoms with E-state index in [0.29, 0.717) is 29.6 Å². The fraction of sp³-hybridized carbons (Fsp3) is 0.421. The zero-order chi connectivity index (χ0) is 20.1. The summed E-state index contributed by atoms with van der Waals surface area (Å²) in [6, 6.07) is 6.05. The molecule has 2 N–H and O–H groups in total. The number of carbonyl (C=O) groups excluding carboxylic acids is 1. The number of aromatic nitrogens is 1. The molecule has 2 aromatic rings. The van der Waals surface area contributed by atoms with E-state index in [4.69, 9.17) is 9.84 Å². The molecule has 150 valence electrons. The van der Waals surface area contributed by atoms with Crippen molar-refractivity contribution in [2.24, 2.45) is 0 Å². The highest BCUT2D eigenvalue weighted by Crippen LogP contribution is 2.26. The number of carboxylic acid groups (broad SMARTS) is 1. The molecular formula is C19H23N3O4S2. The minimum atomic E-state index is -1.02. The average molecular weight is 422 g/mol. The summed E-state index contributed by atoms with van der Waals surface area (Å²) in [6.45, 7) is 3.34. The Morgan fingerprint density at radius 3 is 3.04 bits per heavy atom. The van der Waals surface area contributed by atoms with Gasteiger partial charge in [0.1, 0.15) is 5.75 Å². The number of aryl methyl sites for hydroxylation is 1. The average Bonchev–Trinajstić information content (AvgIpc) is 3.29. The van der Waals surface area contributed by atoms with Gasteiger partial charge in [0.15, 0.2) is 10.0 Å². The number of thiazole rings is 1. The summed E-state index contributed by atoms with van der Waals surface area (Å²) >= 11 is 2.80. The first-order valence-electron chi connectivity index (χ1n) is 8.97. The van der Waals surface area contributed by atoms with Gasteiger partial charge in [0, 0.05) is 48.4 Å². The Labute approximate surface area is 172 Å². The molecule has 0 saturated carbocycles. The van der Waals surface area contributed by atoms with Crippen molar-refractivity contribution in [2.45, 2.75) is 30.1 Å². The molecule has 1 fully saturated rings. The van der Waals surface area contributed by atoms with Crippen LogP contribution < -0.4 is 10.1 Å². The highest BCUT2D eigenvalue weighted by molar-refractivity contribution is 8.01. The number of benzene rings is 1. The predicted molar refractivity (Wildman–Crippen MR) is 111 cm³/mol. The Kier molecular flexibility index (Phi) is 6.79. The van der Waals surface area contributed by atoms with Crippen LogP contribution in [0.5, 0.6) is 5.75 Å². The number of nitrogens with one attached hydrogen (secondary N) is 1. The number of ether oxygens (including phenoxy) is 1. The van der Waals surface area contributed by atoms with Crippen molar-refractivity contribution in [1.29, 1.82) is 0 Å². The quantitative estimate of drug-likeness (QED) is 0.600. The van der Waals surface area contributed by atoms with Crippen molar-refractivity contribution >= 4 is 40.7 Å². The third-order valence-corrected chi connectivity index (χ3v) is 6.69. The number of rotatable bonds is 9. The first-order chi connectivity index (χ1) is 13.5. The number of anilines is 1. The van der Waals surface area contributed by atoms with Gasteiger partial charge in [-0.05, 0) is 25.0 Å². The number of hydrogen-bond donors (Lipinski definition) is 2. The molecule has 1 aromatic heterocycles. The van der Waals surface area contributed by atoms with Gasteiger partial charge in [-0.1, -0.05) is 17.8 Å². The highest BCUT2D eigenvalue weighted by atomic mass is 32.2. The van der Waals surface area contributed by atoms with E-state index in [1.807, 2.05) is 30.0 Å². The number of thioether (sulfide) groups is 1.